The number of nitrogens with two attached hydrogens (primary N) is 1. The SMILES string of the molecule is CO/N=C(\C(=O)NC1C(=O)N2C(C(=O)[O-])=C(C[n+]3ccc(-c4cnco4)cc3)CSC12)c1cnc(N)s1. The van der Waals surface area contributed by atoms with Crippen molar-refractivity contribution in [2.75, 3.05) is 18.6 Å². The number of nitrogen functional groups attached to an aromatic ring is 1. The maximum absolute atomic E-state index is 13.0. The lowest BCUT2D eigenvalue weighted by Crippen LogP contribution is -2.71. The third-order valence-corrected chi connectivity index (χ3v) is 7.84. The molecule has 0 aliphatic carbocycles. The number of fused-ring (bicyclic) bond motifs is 1. The van der Waals surface area contributed by atoms with Gasteiger partial charge in [-0.1, -0.05) is 16.5 Å². The van der Waals surface area contributed by atoms with Crippen LogP contribution in [0.15, 0.2) is 64.2 Å². The molecule has 2 unspecified atom stereocenters. The van der Waals surface area contributed by atoms with Gasteiger partial charge in [0, 0.05) is 35.2 Å². The molecule has 2 aliphatic heterocycles. The highest BCUT2D eigenvalue weighted by Gasteiger charge is 2.53. The van der Waals surface area contributed by atoms with Gasteiger partial charge in [-0.05, 0) is 0 Å². The molecule has 3 aromatic heterocycles. The Bertz CT molecular complexity index is 1420. The Kier molecular flexibility index (Phi) is 6.62. The Morgan fingerprint density at radius 3 is 2.78 bits per heavy atom. The average Bonchev–Trinajstić information content (AvgIpc) is 3.58. The van der Waals surface area contributed by atoms with Crippen molar-refractivity contribution in [3.63, 3.8) is 0 Å². The van der Waals surface area contributed by atoms with Gasteiger partial charge in [0.2, 0.25) is 0 Å². The van der Waals surface area contributed by atoms with Crippen molar-refractivity contribution < 1.29 is 33.3 Å². The van der Waals surface area contributed by atoms with E-state index < -0.39 is 29.2 Å². The average molecular weight is 542 g/mol. The van der Waals surface area contributed by atoms with E-state index in [1.165, 1.54) is 31.5 Å². The number of nitrogens with zero attached hydrogens (tertiary/aromatic N) is 5. The number of hydrogen-bond donors (Lipinski definition) is 2. The van der Waals surface area contributed by atoms with Crippen molar-refractivity contribution in [3.8, 4) is 11.3 Å². The fourth-order valence-corrected chi connectivity index (χ4v) is 5.99. The molecule has 1 fully saturated rings. The smallest absolute Gasteiger partial charge is 0.275 e. The maximum Gasteiger partial charge on any atom is 0.275 e. The van der Waals surface area contributed by atoms with Crippen molar-refractivity contribution in [2.45, 2.75) is 18.0 Å². The summed E-state index contributed by atoms with van der Waals surface area (Å²) < 4.78 is 7.07. The number of carboxylic acid groups (broad SMARTS) is 1. The summed E-state index contributed by atoms with van der Waals surface area (Å²) in [5, 5.41) is 18.1. The molecule has 0 saturated carbocycles. The first-order chi connectivity index (χ1) is 17.9. The number of pyridine rings is 1. The number of carboxylic acids is 1. The highest BCUT2D eigenvalue weighted by atomic mass is 32.2. The summed E-state index contributed by atoms with van der Waals surface area (Å²) in [6.07, 6.45) is 7.86. The van der Waals surface area contributed by atoms with Crippen LogP contribution in [-0.2, 0) is 25.8 Å². The van der Waals surface area contributed by atoms with Crippen molar-refractivity contribution in [1.29, 1.82) is 0 Å². The van der Waals surface area contributed by atoms with E-state index in [1.54, 1.807) is 23.2 Å². The number of β-lactam (4-membered cyclic amide) rings is 1. The minimum absolute atomic E-state index is 0.0923. The molecule has 5 heterocycles. The predicted molar refractivity (Wildman–Crippen MR) is 129 cm³/mol. The van der Waals surface area contributed by atoms with Gasteiger partial charge in [0.25, 0.3) is 11.8 Å². The lowest BCUT2D eigenvalue weighted by molar-refractivity contribution is -0.689. The number of anilines is 1. The van der Waals surface area contributed by atoms with Gasteiger partial charge < -0.3 is 30.2 Å². The van der Waals surface area contributed by atoms with Crippen molar-refractivity contribution in [2.24, 2.45) is 5.16 Å². The van der Waals surface area contributed by atoms with E-state index in [2.05, 4.69) is 20.4 Å². The van der Waals surface area contributed by atoms with E-state index in [-0.39, 0.29) is 23.1 Å². The second kappa shape index (κ2) is 10.0. The zero-order valence-corrected chi connectivity index (χ0v) is 20.8. The molecule has 0 spiro atoms. The summed E-state index contributed by atoms with van der Waals surface area (Å²) >= 11 is 2.38. The Morgan fingerprint density at radius 1 is 1.38 bits per heavy atom. The van der Waals surface area contributed by atoms with Crippen molar-refractivity contribution in [3.05, 3.63) is 59.5 Å². The van der Waals surface area contributed by atoms with Crippen LogP contribution in [0.2, 0.25) is 0 Å². The topological polar surface area (TPSA) is 180 Å². The van der Waals surface area contributed by atoms with E-state index in [1.807, 2.05) is 12.1 Å². The predicted octanol–water partition coefficient (Wildman–Crippen LogP) is -0.878. The molecule has 13 nitrogen and oxygen atoms in total. The van der Waals surface area contributed by atoms with E-state index in [0.717, 1.165) is 21.8 Å². The Balaban J connectivity index is 1.32. The van der Waals surface area contributed by atoms with E-state index in [4.69, 9.17) is 15.0 Å². The fraction of sp³-hybridized carbons (Fsp3) is 0.227. The molecule has 3 aromatic rings. The number of hydrogen-bond acceptors (Lipinski definition) is 12. The minimum atomic E-state index is -1.46. The molecule has 15 heteroatoms. The number of carbonyl (C=O) groups excluding carboxylic acids is 3. The van der Waals surface area contributed by atoms with Crippen LogP contribution in [0, 0.1) is 0 Å². The van der Waals surface area contributed by atoms with Crippen LogP contribution in [0.1, 0.15) is 4.88 Å². The summed E-state index contributed by atoms with van der Waals surface area (Å²) in [4.78, 5) is 52.0. The number of nitrogens with one attached hydrogen (secondary N) is 1. The van der Waals surface area contributed by atoms with Crippen molar-refractivity contribution in [1.82, 2.24) is 20.2 Å². The molecule has 0 radical (unpaired) electrons. The molecule has 2 atom stereocenters. The zero-order valence-electron chi connectivity index (χ0n) is 19.2. The number of rotatable bonds is 8. The number of aromatic nitrogens is 3. The monoisotopic (exact) mass is 541 g/mol. The second-order valence-electron chi connectivity index (χ2n) is 7.91. The standard InChI is InChI=1S/C22H19N7O6S2/c1-34-27-15(14-7-25-22(23)37-14)18(30)26-16-19(31)29-17(21(32)33)12(9-36-20(16)29)8-28-4-2-11(3-5-28)13-6-24-10-35-13/h2-7,10,16,20H,8-9H2,1H3,(H3-,23,25,26,27,30,32,33). The van der Waals surface area contributed by atoms with Gasteiger partial charge in [-0.15, -0.1) is 11.8 Å². The number of thiazole rings is 1. The Hall–Kier alpha value is -4.24. The molecular formula is C22H19N7O6S2. The number of oxime groups is 1. The second-order valence-corrected chi connectivity index (χ2v) is 10.1. The number of oxazole rings is 1. The van der Waals surface area contributed by atoms with Crippen LogP contribution in [-0.4, -0.2) is 62.6 Å². The third-order valence-electron chi connectivity index (χ3n) is 5.66. The summed E-state index contributed by atoms with van der Waals surface area (Å²) in [6.45, 7) is 0.234. The van der Waals surface area contributed by atoms with Gasteiger partial charge >= 0.3 is 0 Å². The summed E-state index contributed by atoms with van der Waals surface area (Å²) in [6, 6.07) is 2.68. The summed E-state index contributed by atoms with van der Waals surface area (Å²) in [7, 11) is 1.28. The molecular weight excluding hydrogens is 522 g/mol. The first-order valence-electron chi connectivity index (χ1n) is 10.8. The lowest BCUT2D eigenvalue weighted by atomic mass is 10.0. The van der Waals surface area contributed by atoms with Crippen LogP contribution in [0.4, 0.5) is 5.13 Å². The van der Waals surface area contributed by atoms with Gasteiger partial charge in [-0.25, -0.2) is 14.5 Å². The van der Waals surface area contributed by atoms with Crippen LogP contribution in [0.25, 0.3) is 11.3 Å². The quantitative estimate of drug-likeness (QED) is 0.157. The van der Waals surface area contributed by atoms with E-state index in [0.29, 0.717) is 22.0 Å². The van der Waals surface area contributed by atoms with Crippen LogP contribution < -0.4 is 20.7 Å². The third kappa shape index (κ3) is 4.65. The van der Waals surface area contributed by atoms with Gasteiger partial charge in [-0.2, -0.15) is 0 Å². The molecule has 3 N–H and O–H groups in total. The molecule has 5 rings (SSSR count). The van der Waals surface area contributed by atoms with E-state index in [9.17, 15) is 19.5 Å². The number of aliphatic carboxylic acids is 1. The maximum atomic E-state index is 13.0. The molecule has 0 aromatic carbocycles. The molecule has 190 valence electrons. The largest absolute Gasteiger partial charge is 0.543 e. The summed E-state index contributed by atoms with van der Waals surface area (Å²) in [5.41, 5.74) is 6.69. The Labute approximate surface area is 217 Å². The number of carbonyl (C=O) groups is 3. The highest BCUT2D eigenvalue weighted by molar-refractivity contribution is 8.00. The fourth-order valence-electron chi connectivity index (χ4n) is 4.00. The summed E-state index contributed by atoms with van der Waals surface area (Å²) in [5.74, 6) is -1.76. The van der Waals surface area contributed by atoms with Gasteiger partial charge in [0.1, 0.15) is 18.5 Å². The first-order valence-corrected chi connectivity index (χ1v) is 12.6. The normalized spacial score (nSPS) is 19.3. The molecule has 2 amide bonds. The molecule has 1 saturated heterocycles. The number of thioether (sulfide) groups is 1. The van der Waals surface area contributed by atoms with Gasteiger partial charge in [-0.3, -0.25) is 14.5 Å². The minimum Gasteiger partial charge on any atom is -0.543 e. The Morgan fingerprint density at radius 2 is 2.16 bits per heavy atom. The van der Waals surface area contributed by atoms with Crippen LogP contribution in [0.3, 0.4) is 0 Å². The molecule has 37 heavy (non-hydrogen) atoms. The van der Waals surface area contributed by atoms with Crippen molar-refractivity contribution >= 4 is 51.7 Å². The molecule has 0 bridgehead atoms. The van der Waals surface area contributed by atoms with Gasteiger partial charge in [0.15, 0.2) is 41.9 Å². The zero-order chi connectivity index (χ0) is 26.1. The number of amides is 2. The highest BCUT2D eigenvalue weighted by Crippen LogP contribution is 2.40. The van der Waals surface area contributed by atoms with Crippen LogP contribution >= 0.6 is 23.1 Å². The first kappa shape index (κ1) is 24.5. The van der Waals surface area contributed by atoms with E-state index >= 15 is 0 Å². The van der Waals surface area contributed by atoms with Crippen LogP contribution in [0.5, 0.6) is 0 Å². The molecule has 2 aliphatic rings. The lowest BCUT2D eigenvalue weighted by Gasteiger charge is -2.50. The van der Waals surface area contributed by atoms with Gasteiger partial charge in [0.05, 0.1) is 22.7 Å².